The van der Waals surface area contributed by atoms with Crippen LogP contribution in [0.3, 0.4) is 0 Å². The van der Waals surface area contributed by atoms with Gasteiger partial charge in [0.2, 0.25) is 0 Å². The topological polar surface area (TPSA) is 23.8 Å². The van der Waals surface area contributed by atoms with E-state index in [1.54, 1.807) is 0 Å². The molecule has 74 valence electrons. The maximum Gasteiger partial charge on any atom is 0.126 e. The molecule has 0 radical (unpaired) electrons. The Morgan fingerprint density at radius 1 is 1.50 bits per heavy atom. The first-order valence-electron chi connectivity index (χ1n) is 4.07. The lowest BCUT2D eigenvalue weighted by Gasteiger charge is -2.06. The van der Waals surface area contributed by atoms with Gasteiger partial charge in [-0.3, -0.25) is 0 Å². The van der Waals surface area contributed by atoms with Crippen molar-refractivity contribution in [2.75, 3.05) is 5.88 Å². The fourth-order valence-corrected chi connectivity index (χ4v) is 1.47. The highest BCUT2D eigenvalue weighted by molar-refractivity contribution is 6.30. The van der Waals surface area contributed by atoms with Gasteiger partial charge in [0.05, 0.1) is 12.0 Å². The van der Waals surface area contributed by atoms with Gasteiger partial charge in [0.25, 0.3) is 0 Å². The van der Waals surface area contributed by atoms with E-state index in [-0.39, 0.29) is 17.6 Å². The Hall–Kier alpha value is -0.780. The quantitative estimate of drug-likeness (QED) is 0.732. The van der Waals surface area contributed by atoms with Gasteiger partial charge in [0, 0.05) is 10.9 Å². The zero-order chi connectivity index (χ0) is 10.6. The average Bonchev–Trinajstić information content (AvgIpc) is 2.19. The maximum absolute atomic E-state index is 13.2. The van der Waals surface area contributed by atoms with Crippen molar-refractivity contribution in [3.63, 3.8) is 0 Å². The zero-order valence-corrected chi connectivity index (χ0v) is 8.82. The molecule has 0 heterocycles. The SMILES string of the molecule is N#CC(CCl)Cc1cc(Cl)ccc1F. The van der Waals surface area contributed by atoms with Crippen molar-refractivity contribution in [3.05, 3.63) is 34.6 Å². The lowest BCUT2D eigenvalue weighted by molar-refractivity contribution is 0.595. The van der Waals surface area contributed by atoms with E-state index in [1.165, 1.54) is 18.2 Å². The fraction of sp³-hybridized carbons (Fsp3) is 0.300. The molecule has 0 amide bonds. The van der Waals surface area contributed by atoms with E-state index in [2.05, 4.69) is 0 Å². The number of benzene rings is 1. The number of alkyl halides is 1. The van der Waals surface area contributed by atoms with Crippen LogP contribution in [0, 0.1) is 23.1 Å². The Morgan fingerprint density at radius 2 is 2.21 bits per heavy atom. The van der Waals surface area contributed by atoms with Gasteiger partial charge in [-0.15, -0.1) is 11.6 Å². The van der Waals surface area contributed by atoms with Crippen LogP contribution in [0.1, 0.15) is 5.56 Å². The molecule has 0 spiro atoms. The minimum atomic E-state index is -0.371. The highest BCUT2D eigenvalue weighted by Gasteiger charge is 2.10. The van der Waals surface area contributed by atoms with Gasteiger partial charge in [-0.05, 0) is 30.2 Å². The van der Waals surface area contributed by atoms with Gasteiger partial charge >= 0.3 is 0 Å². The van der Waals surface area contributed by atoms with E-state index < -0.39 is 0 Å². The molecule has 0 saturated heterocycles. The van der Waals surface area contributed by atoms with E-state index in [0.29, 0.717) is 17.0 Å². The van der Waals surface area contributed by atoms with Gasteiger partial charge in [0.15, 0.2) is 0 Å². The Morgan fingerprint density at radius 3 is 2.79 bits per heavy atom. The predicted octanol–water partition coefficient (Wildman–Crippen LogP) is 3.40. The number of rotatable bonds is 3. The summed E-state index contributed by atoms with van der Waals surface area (Å²) in [5.41, 5.74) is 0.435. The Labute approximate surface area is 92.1 Å². The predicted molar refractivity (Wildman–Crippen MR) is 54.9 cm³/mol. The van der Waals surface area contributed by atoms with E-state index in [9.17, 15) is 4.39 Å². The summed E-state index contributed by atoms with van der Waals surface area (Å²) in [6, 6.07) is 6.29. The molecule has 1 nitrogen and oxygen atoms in total. The highest BCUT2D eigenvalue weighted by atomic mass is 35.5. The van der Waals surface area contributed by atoms with Crippen molar-refractivity contribution in [3.8, 4) is 6.07 Å². The molecule has 14 heavy (non-hydrogen) atoms. The first kappa shape index (κ1) is 11.3. The van der Waals surface area contributed by atoms with E-state index >= 15 is 0 Å². The van der Waals surface area contributed by atoms with E-state index in [1.807, 2.05) is 6.07 Å². The molecule has 1 rings (SSSR count). The lowest BCUT2D eigenvalue weighted by Crippen LogP contribution is -2.05. The summed E-state index contributed by atoms with van der Waals surface area (Å²) < 4.78 is 13.2. The molecular weight excluding hydrogens is 224 g/mol. The van der Waals surface area contributed by atoms with Gasteiger partial charge in [-0.2, -0.15) is 5.26 Å². The van der Waals surface area contributed by atoms with Crippen LogP contribution in [0.2, 0.25) is 5.02 Å². The summed E-state index contributed by atoms with van der Waals surface area (Å²) in [4.78, 5) is 0. The molecule has 0 bridgehead atoms. The van der Waals surface area contributed by atoms with Crippen molar-refractivity contribution in [2.45, 2.75) is 6.42 Å². The average molecular weight is 232 g/mol. The van der Waals surface area contributed by atoms with Gasteiger partial charge in [-0.25, -0.2) is 4.39 Å². The number of hydrogen-bond acceptors (Lipinski definition) is 1. The van der Waals surface area contributed by atoms with Crippen LogP contribution in [-0.4, -0.2) is 5.88 Å². The molecule has 0 aromatic heterocycles. The lowest BCUT2D eigenvalue weighted by atomic mass is 10.0. The van der Waals surface area contributed by atoms with E-state index in [4.69, 9.17) is 28.5 Å². The van der Waals surface area contributed by atoms with Crippen LogP contribution >= 0.6 is 23.2 Å². The monoisotopic (exact) mass is 231 g/mol. The van der Waals surface area contributed by atoms with Crippen LogP contribution in [0.4, 0.5) is 4.39 Å². The first-order valence-corrected chi connectivity index (χ1v) is 4.98. The Balaban J connectivity index is 2.86. The molecular formula is C10H8Cl2FN. The van der Waals surface area contributed by atoms with Crippen LogP contribution < -0.4 is 0 Å². The summed E-state index contributed by atoms with van der Waals surface area (Å²) in [7, 11) is 0. The van der Waals surface area contributed by atoms with Crippen LogP contribution in [0.25, 0.3) is 0 Å². The number of nitrogens with zero attached hydrogens (tertiary/aromatic N) is 1. The standard InChI is InChI=1S/C10H8Cl2FN/c11-5-7(6-14)3-8-4-9(12)1-2-10(8)13/h1-2,4,7H,3,5H2. The summed E-state index contributed by atoms with van der Waals surface area (Å²) in [5, 5.41) is 9.12. The second kappa shape index (κ2) is 5.19. The normalized spacial score (nSPS) is 12.1. The van der Waals surface area contributed by atoms with Gasteiger partial charge < -0.3 is 0 Å². The van der Waals surface area contributed by atoms with Crippen molar-refractivity contribution in [1.29, 1.82) is 5.26 Å². The van der Waals surface area contributed by atoms with Crippen LogP contribution in [-0.2, 0) is 6.42 Å². The van der Waals surface area contributed by atoms with Gasteiger partial charge in [-0.1, -0.05) is 11.6 Å². The van der Waals surface area contributed by atoms with Crippen molar-refractivity contribution < 1.29 is 4.39 Å². The largest absolute Gasteiger partial charge is 0.207 e. The first-order chi connectivity index (χ1) is 6.67. The zero-order valence-electron chi connectivity index (χ0n) is 7.30. The minimum absolute atomic E-state index is 0.197. The molecule has 1 atom stereocenters. The summed E-state index contributed by atoms with van der Waals surface area (Å²) >= 11 is 11.2. The summed E-state index contributed by atoms with van der Waals surface area (Å²) in [6.45, 7) is 0. The molecule has 0 aliphatic carbocycles. The molecule has 0 aliphatic heterocycles. The van der Waals surface area contributed by atoms with Crippen molar-refractivity contribution in [1.82, 2.24) is 0 Å². The van der Waals surface area contributed by atoms with Crippen LogP contribution in [0.5, 0.6) is 0 Å². The van der Waals surface area contributed by atoms with Crippen LogP contribution in [0.15, 0.2) is 18.2 Å². The van der Waals surface area contributed by atoms with Crippen molar-refractivity contribution >= 4 is 23.2 Å². The third-order valence-corrected chi connectivity index (χ3v) is 2.45. The molecule has 1 aromatic rings. The molecule has 0 fully saturated rings. The third-order valence-electron chi connectivity index (χ3n) is 1.84. The maximum atomic E-state index is 13.2. The molecule has 0 aliphatic rings. The smallest absolute Gasteiger partial charge is 0.126 e. The fourth-order valence-electron chi connectivity index (χ4n) is 1.10. The third kappa shape index (κ3) is 2.87. The molecule has 0 N–H and O–H groups in total. The highest BCUT2D eigenvalue weighted by Crippen LogP contribution is 2.18. The van der Waals surface area contributed by atoms with Gasteiger partial charge in [0.1, 0.15) is 5.82 Å². The second-order valence-corrected chi connectivity index (χ2v) is 3.67. The molecule has 1 aromatic carbocycles. The Kier molecular flexibility index (Phi) is 4.19. The summed E-state index contributed by atoms with van der Waals surface area (Å²) in [6.07, 6.45) is 0.298. The molecule has 1 unspecified atom stereocenters. The number of halogens is 3. The number of hydrogen-bond donors (Lipinski definition) is 0. The molecule has 0 saturated carbocycles. The number of nitriles is 1. The Bertz CT molecular complexity index is 360. The van der Waals surface area contributed by atoms with E-state index in [0.717, 1.165) is 0 Å². The van der Waals surface area contributed by atoms with Crippen molar-refractivity contribution in [2.24, 2.45) is 5.92 Å². The second-order valence-electron chi connectivity index (χ2n) is 2.92. The summed E-state index contributed by atoms with van der Waals surface area (Å²) in [5.74, 6) is -0.521. The minimum Gasteiger partial charge on any atom is -0.207 e. The molecule has 4 heteroatoms.